The number of hydrogen-bond donors (Lipinski definition) is 3. The average molecular weight is 329 g/mol. The van der Waals surface area contributed by atoms with Crippen molar-refractivity contribution >= 4 is 23.4 Å². The Bertz CT molecular complexity index is 634. The normalized spacial score (nSPS) is 17.8. The van der Waals surface area contributed by atoms with Crippen molar-refractivity contribution in [1.82, 2.24) is 10.6 Å². The number of carbonyl (C=O) groups excluding carboxylic acids is 3. The molecule has 3 N–H and O–H groups in total. The second kappa shape index (κ2) is 7.47. The van der Waals surface area contributed by atoms with E-state index < -0.39 is 11.8 Å². The van der Waals surface area contributed by atoms with Crippen LogP contribution in [0, 0.1) is 0 Å². The van der Waals surface area contributed by atoms with Crippen LogP contribution in [-0.4, -0.2) is 29.8 Å². The summed E-state index contributed by atoms with van der Waals surface area (Å²) < 4.78 is 0. The first-order chi connectivity index (χ1) is 11.6. The second-order valence-electron chi connectivity index (χ2n) is 6.56. The van der Waals surface area contributed by atoms with Gasteiger partial charge in [-0.15, -0.1) is 0 Å². The zero-order chi connectivity index (χ0) is 16.9. The highest BCUT2D eigenvalue weighted by Crippen LogP contribution is 2.22. The molecule has 1 aromatic rings. The Morgan fingerprint density at radius 1 is 0.792 bits per heavy atom. The van der Waals surface area contributed by atoms with E-state index in [-0.39, 0.29) is 18.0 Å². The minimum atomic E-state index is -0.729. The van der Waals surface area contributed by atoms with Crippen LogP contribution in [0.4, 0.5) is 5.69 Å². The van der Waals surface area contributed by atoms with Crippen molar-refractivity contribution in [3.05, 3.63) is 29.8 Å². The Hall–Kier alpha value is -2.37. The molecule has 0 spiro atoms. The minimum absolute atomic E-state index is 0.0745. The lowest BCUT2D eigenvalue weighted by Crippen LogP contribution is -2.42. The van der Waals surface area contributed by atoms with E-state index in [2.05, 4.69) is 16.0 Å². The molecule has 0 aliphatic heterocycles. The molecule has 0 bridgehead atoms. The van der Waals surface area contributed by atoms with E-state index in [9.17, 15) is 14.4 Å². The number of carbonyl (C=O) groups is 3. The van der Waals surface area contributed by atoms with E-state index in [1.54, 1.807) is 24.3 Å². The number of benzene rings is 1. The van der Waals surface area contributed by atoms with Crippen molar-refractivity contribution in [1.29, 1.82) is 0 Å². The minimum Gasteiger partial charge on any atom is -0.349 e. The van der Waals surface area contributed by atoms with Gasteiger partial charge in [-0.25, -0.2) is 0 Å². The van der Waals surface area contributed by atoms with E-state index in [4.69, 9.17) is 0 Å². The summed E-state index contributed by atoms with van der Waals surface area (Å²) in [5, 5.41) is 8.23. The molecule has 0 radical (unpaired) electrons. The molecule has 24 heavy (non-hydrogen) atoms. The van der Waals surface area contributed by atoms with Crippen LogP contribution in [0.3, 0.4) is 0 Å². The summed E-state index contributed by atoms with van der Waals surface area (Å²) in [6.07, 6.45) is 7.16. The summed E-state index contributed by atoms with van der Waals surface area (Å²) in [5.74, 6) is -1.59. The lowest BCUT2D eigenvalue weighted by Gasteiger charge is -2.22. The zero-order valence-corrected chi connectivity index (χ0v) is 13.6. The summed E-state index contributed by atoms with van der Waals surface area (Å²) >= 11 is 0. The predicted molar refractivity (Wildman–Crippen MR) is 90.6 cm³/mol. The van der Waals surface area contributed by atoms with Crippen molar-refractivity contribution in [2.45, 2.75) is 57.0 Å². The molecule has 6 heteroatoms. The van der Waals surface area contributed by atoms with Gasteiger partial charge in [-0.2, -0.15) is 0 Å². The van der Waals surface area contributed by atoms with Crippen LogP contribution in [0.1, 0.15) is 55.3 Å². The molecule has 0 saturated heterocycles. The predicted octanol–water partition coefficient (Wildman–Crippen LogP) is 1.97. The molecule has 1 aromatic carbocycles. The monoisotopic (exact) mass is 329 g/mol. The molecule has 0 aromatic heterocycles. The molecule has 2 fully saturated rings. The van der Waals surface area contributed by atoms with E-state index >= 15 is 0 Å². The summed E-state index contributed by atoms with van der Waals surface area (Å²) in [4.78, 5) is 36.4. The molecule has 6 nitrogen and oxygen atoms in total. The summed E-state index contributed by atoms with van der Waals surface area (Å²) in [6.45, 7) is 0. The van der Waals surface area contributed by atoms with Gasteiger partial charge in [0.25, 0.3) is 5.91 Å². The third kappa shape index (κ3) is 4.34. The molecular formula is C18H23N3O3. The van der Waals surface area contributed by atoms with Crippen molar-refractivity contribution in [2.75, 3.05) is 5.32 Å². The lowest BCUT2D eigenvalue weighted by molar-refractivity contribution is -0.136. The van der Waals surface area contributed by atoms with Crippen molar-refractivity contribution in [2.24, 2.45) is 0 Å². The van der Waals surface area contributed by atoms with Crippen molar-refractivity contribution in [3.8, 4) is 0 Å². The number of nitrogens with one attached hydrogen (secondary N) is 3. The SMILES string of the molecule is O=C(Nc1ccccc1C(=O)NC1CC1)C(=O)NC1CCCCC1. The van der Waals surface area contributed by atoms with Gasteiger partial charge in [-0.05, 0) is 37.8 Å². The smallest absolute Gasteiger partial charge is 0.313 e. The molecule has 0 atom stereocenters. The molecule has 2 aliphatic rings. The quantitative estimate of drug-likeness (QED) is 0.738. The van der Waals surface area contributed by atoms with Crippen LogP contribution in [0.5, 0.6) is 0 Å². The Labute approximate surface area is 141 Å². The molecule has 0 heterocycles. The first-order valence-electron chi connectivity index (χ1n) is 8.65. The standard InChI is InChI=1S/C18H23N3O3/c22-16(19-13-10-11-13)14-8-4-5-9-15(14)21-18(24)17(23)20-12-6-2-1-3-7-12/h4-5,8-9,12-13H,1-3,6-7,10-11H2,(H,19,22)(H,20,23)(H,21,24). The van der Waals surface area contributed by atoms with Crippen LogP contribution >= 0.6 is 0 Å². The third-order valence-electron chi connectivity index (χ3n) is 4.48. The third-order valence-corrected chi connectivity index (χ3v) is 4.48. The van der Waals surface area contributed by atoms with Gasteiger partial charge in [-0.3, -0.25) is 14.4 Å². The molecule has 3 rings (SSSR count). The summed E-state index contributed by atoms with van der Waals surface area (Å²) in [7, 11) is 0. The van der Waals surface area contributed by atoms with Crippen LogP contribution in [0.15, 0.2) is 24.3 Å². The van der Waals surface area contributed by atoms with Crippen LogP contribution in [0.2, 0.25) is 0 Å². The molecule has 2 aliphatic carbocycles. The van der Waals surface area contributed by atoms with Crippen LogP contribution in [-0.2, 0) is 9.59 Å². The first kappa shape index (κ1) is 16.5. The highest BCUT2D eigenvalue weighted by Gasteiger charge is 2.26. The number of anilines is 1. The Morgan fingerprint density at radius 2 is 1.46 bits per heavy atom. The van der Waals surface area contributed by atoms with Crippen molar-refractivity contribution in [3.63, 3.8) is 0 Å². The van der Waals surface area contributed by atoms with Crippen LogP contribution in [0.25, 0.3) is 0 Å². The Morgan fingerprint density at radius 3 is 2.17 bits per heavy atom. The van der Waals surface area contributed by atoms with E-state index in [1.807, 2.05) is 0 Å². The Balaban J connectivity index is 1.60. The van der Waals surface area contributed by atoms with Gasteiger partial charge in [0.1, 0.15) is 0 Å². The number of rotatable bonds is 4. The van der Waals surface area contributed by atoms with E-state index in [0.717, 1.165) is 38.5 Å². The van der Waals surface area contributed by atoms with E-state index in [1.165, 1.54) is 6.42 Å². The van der Waals surface area contributed by atoms with Crippen molar-refractivity contribution < 1.29 is 14.4 Å². The van der Waals surface area contributed by atoms with Gasteiger partial charge in [0, 0.05) is 12.1 Å². The second-order valence-corrected chi connectivity index (χ2v) is 6.56. The maximum absolute atomic E-state index is 12.2. The summed E-state index contributed by atoms with van der Waals surface area (Å²) in [6, 6.07) is 7.04. The molecule has 0 unspecified atom stereocenters. The van der Waals surface area contributed by atoms with Gasteiger partial charge < -0.3 is 16.0 Å². The first-order valence-corrected chi connectivity index (χ1v) is 8.65. The van der Waals surface area contributed by atoms with Gasteiger partial charge in [0.15, 0.2) is 0 Å². The number of amides is 3. The van der Waals surface area contributed by atoms with Gasteiger partial charge in [-0.1, -0.05) is 31.4 Å². The number of hydrogen-bond acceptors (Lipinski definition) is 3. The maximum atomic E-state index is 12.2. The van der Waals surface area contributed by atoms with Gasteiger partial charge in [0.05, 0.1) is 11.3 Å². The molecule has 2 saturated carbocycles. The molecule has 128 valence electrons. The maximum Gasteiger partial charge on any atom is 0.313 e. The fourth-order valence-electron chi connectivity index (χ4n) is 2.96. The fourth-order valence-corrected chi connectivity index (χ4v) is 2.96. The van der Waals surface area contributed by atoms with Gasteiger partial charge >= 0.3 is 11.8 Å². The highest BCUT2D eigenvalue weighted by molar-refractivity contribution is 6.40. The van der Waals surface area contributed by atoms with E-state index in [0.29, 0.717) is 11.3 Å². The molecule has 3 amide bonds. The van der Waals surface area contributed by atoms with Crippen LogP contribution < -0.4 is 16.0 Å². The lowest BCUT2D eigenvalue weighted by atomic mass is 9.95. The van der Waals surface area contributed by atoms with Gasteiger partial charge in [0.2, 0.25) is 0 Å². The largest absolute Gasteiger partial charge is 0.349 e. The highest BCUT2D eigenvalue weighted by atomic mass is 16.2. The fraction of sp³-hybridized carbons (Fsp3) is 0.500. The topological polar surface area (TPSA) is 87.3 Å². The Kier molecular flexibility index (Phi) is 5.13. The average Bonchev–Trinajstić information content (AvgIpc) is 3.40. The summed E-state index contributed by atoms with van der Waals surface area (Å²) in [5.41, 5.74) is 0.739. The number of para-hydroxylation sites is 1. The molecular weight excluding hydrogens is 306 g/mol. The zero-order valence-electron chi connectivity index (χ0n) is 13.6.